The topological polar surface area (TPSA) is 77.4 Å². The van der Waals surface area contributed by atoms with Crippen LogP contribution in [0.2, 0.25) is 0 Å². The molecule has 2 heterocycles. The van der Waals surface area contributed by atoms with Gasteiger partial charge in [-0.05, 0) is 25.7 Å². The van der Waals surface area contributed by atoms with E-state index in [-0.39, 0.29) is 6.61 Å². The van der Waals surface area contributed by atoms with Gasteiger partial charge in [0.2, 0.25) is 17.8 Å². The maximum atomic E-state index is 9.23. The van der Waals surface area contributed by atoms with Gasteiger partial charge in [-0.15, -0.1) is 0 Å². The Morgan fingerprint density at radius 3 is 2.52 bits per heavy atom. The van der Waals surface area contributed by atoms with Gasteiger partial charge >= 0.3 is 0 Å². The lowest BCUT2D eigenvalue weighted by Crippen LogP contribution is -2.34. The molecule has 118 valence electrons. The molecule has 1 fully saturated rings. The largest absolute Gasteiger partial charge is 0.395 e. The number of rotatable bonds is 7. The third-order valence-corrected chi connectivity index (χ3v) is 3.62. The summed E-state index contributed by atoms with van der Waals surface area (Å²) >= 11 is 0. The molecule has 7 nitrogen and oxygen atoms in total. The average Bonchev–Trinajstić information content (AvgIpc) is 2.55. The molecule has 0 spiro atoms. The van der Waals surface area contributed by atoms with E-state index in [1.807, 2.05) is 11.9 Å². The monoisotopic (exact) mass is 294 g/mol. The number of anilines is 3. The number of nitrogens with zero attached hydrogens (tertiary/aromatic N) is 5. The van der Waals surface area contributed by atoms with Crippen LogP contribution in [0.5, 0.6) is 0 Å². The van der Waals surface area contributed by atoms with Gasteiger partial charge in [0.05, 0.1) is 6.61 Å². The van der Waals surface area contributed by atoms with E-state index in [1.165, 1.54) is 19.3 Å². The minimum absolute atomic E-state index is 0.0968. The number of piperidine rings is 1. The van der Waals surface area contributed by atoms with Crippen molar-refractivity contribution in [1.82, 2.24) is 15.0 Å². The Hall–Kier alpha value is -1.63. The third kappa shape index (κ3) is 4.17. The first-order valence-electron chi connectivity index (χ1n) is 7.83. The minimum Gasteiger partial charge on any atom is -0.395 e. The number of hydrogen-bond acceptors (Lipinski definition) is 7. The molecule has 0 radical (unpaired) electrons. The van der Waals surface area contributed by atoms with Crippen LogP contribution in [0.3, 0.4) is 0 Å². The van der Waals surface area contributed by atoms with Crippen molar-refractivity contribution in [1.29, 1.82) is 0 Å². The Kier molecular flexibility index (Phi) is 5.98. The Morgan fingerprint density at radius 2 is 1.90 bits per heavy atom. The molecule has 0 bridgehead atoms. The van der Waals surface area contributed by atoms with Crippen molar-refractivity contribution in [3.05, 3.63) is 0 Å². The lowest BCUT2D eigenvalue weighted by molar-refractivity contribution is 0.301. The summed E-state index contributed by atoms with van der Waals surface area (Å²) in [6, 6.07) is 0. The molecule has 1 aliphatic rings. The zero-order valence-electron chi connectivity index (χ0n) is 13.0. The van der Waals surface area contributed by atoms with Crippen LogP contribution in [-0.2, 0) is 0 Å². The molecule has 1 aromatic rings. The second-order valence-electron chi connectivity index (χ2n) is 5.27. The van der Waals surface area contributed by atoms with Crippen LogP contribution in [-0.4, -0.2) is 59.9 Å². The molecule has 1 saturated heterocycles. The standard InChI is InChI=1S/C14H26N6O/c1-3-7-19(10-11-21)13-16-12(15-2)17-14(18-13)20-8-5-4-6-9-20/h21H,3-11H2,1-2H3,(H,15,16,17,18). The average molecular weight is 294 g/mol. The summed E-state index contributed by atoms with van der Waals surface area (Å²) in [5, 5.41) is 12.2. The Bertz CT molecular complexity index is 429. The lowest BCUT2D eigenvalue weighted by Gasteiger charge is -2.28. The molecule has 7 heteroatoms. The maximum absolute atomic E-state index is 9.23. The summed E-state index contributed by atoms with van der Waals surface area (Å²) in [6.07, 6.45) is 4.63. The molecule has 0 atom stereocenters. The van der Waals surface area contributed by atoms with E-state index in [1.54, 1.807) is 0 Å². The molecular weight excluding hydrogens is 268 g/mol. The van der Waals surface area contributed by atoms with Crippen LogP contribution in [0.25, 0.3) is 0 Å². The van der Waals surface area contributed by atoms with Gasteiger partial charge in [-0.1, -0.05) is 6.92 Å². The van der Waals surface area contributed by atoms with Crippen LogP contribution in [0.1, 0.15) is 32.6 Å². The van der Waals surface area contributed by atoms with Crippen molar-refractivity contribution in [3.63, 3.8) is 0 Å². The highest BCUT2D eigenvalue weighted by Gasteiger charge is 2.18. The molecule has 0 aromatic carbocycles. The molecule has 0 unspecified atom stereocenters. The first-order chi connectivity index (χ1) is 10.3. The molecule has 1 aromatic heterocycles. The van der Waals surface area contributed by atoms with Crippen molar-refractivity contribution < 1.29 is 5.11 Å². The summed E-state index contributed by atoms with van der Waals surface area (Å²) in [5.74, 6) is 1.97. The molecule has 0 saturated carbocycles. The quantitative estimate of drug-likeness (QED) is 0.780. The van der Waals surface area contributed by atoms with Gasteiger partial charge in [0.25, 0.3) is 0 Å². The minimum atomic E-state index is 0.0968. The fraction of sp³-hybridized carbons (Fsp3) is 0.786. The summed E-state index contributed by atoms with van der Waals surface area (Å²) in [4.78, 5) is 17.8. The smallest absolute Gasteiger partial charge is 0.232 e. The molecule has 0 amide bonds. The Morgan fingerprint density at radius 1 is 1.14 bits per heavy atom. The van der Waals surface area contributed by atoms with E-state index in [2.05, 4.69) is 32.1 Å². The fourth-order valence-electron chi connectivity index (χ4n) is 2.54. The molecule has 1 aliphatic heterocycles. The van der Waals surface area contributed by atoms with E-state index < -0.39 is 0 Å². The summed E-state index contributed by atoms with van der Waals surface area (Å²) in [6.45, 7) is 5.57. The van der Waals surface area contributed by atoms with E-state index in [9.17, 15) is 5.11 Å². The highest BCUT2D eigenvalue weighted by Crippen LogP contribution is 2.20. The number of hydrogen-bond donors (Lipinski definition) is 2. The maximum Gasteiger partial charge on any atom is 0.232 e. The van der Waals surface area contributed by atoms with Gasteiger partial charge in [0.1, 0.15) is 0 Å². The summed E-state index contributed by atoms with van der Waals surface area (Å²) in [7, 11) is 1.81. The normalized spacial score (nSPS) is 15.1. The second-order valence-corrected chi connectivity index (χ2v) is 5.27. The predicted octanol–water partition coefficient (Wildman–Crippen LogP) is 1.11. The van der Waals surface area contributed by atoms with Crippen LogP contribution in [0.15, 0.2) is 0 Å². The SMILES string of the molecule is CCCN(CCO)c1nc(NC)nc(N2CCCCC2)n1. The lowest BCUT2D eigenvalue weighted by atomic mass is 10.1. The van der Waals surface area contributed by atoms with Gasteiger partial charge in [0.15, 0.2) is 0 Å². The van der Waals surface area contributed by atoms with Crippen molar-refractivity contribution in [2.24, 2.45) is 0 Å². The number of aliphatic hydroxyl groups excluding tert-OH is 1. The molecule has 2 N–H and O–H groups in total. The van der Waals surface area contributed by atoms with Crippen LogP contribution < -0.4 is 15.1 Å². The van der Waals surface area contributed by atoms with Crippen LogP contribution in [0, 0.1) is 0 Å². The first-order valence-corrected chi connectivity index (χ1v) is 7.83. The molecule has 0 aliphatic carbocycles. The highest BCUT2D eigenvalue weighted by molar-refractivity contribution is 5.45. The fourth-order valence-corrected chi connectivity index (χ4v) is 2.54. The van der Waals surface area contributed by atoms with E-state index in [0.717, 1.165) is 32.0 Å². The first kappa shape index (κ1) is 15.8. The van der Waals surface area contributed by atoms with Gasteiger partial charge in [0, 0.05) is 33.2 Å². The molecular formula is C14H26N6O. The van der Waals surface area contributed by atoms with Crippen molar-refractivity contribution in [3.8, 4) is 0 Å². The van der Waals surface area contributed by atoms with Gasteiger partial charge in [-0.25, -0.2) is 0 Å². The highest BCUT2D eigenvalue weighted by atomic mass is 16.3. The third-order valence-electron chi connectivity index (χ3n) is 3.62. The predicted molar refractivity (Wildman–Crippen MR) is 85.0 cm³/mol. The van der Waals surface area contributed by atoms with Crippen LogP contribution >= 0.6 is 0 Å². The van der Waals surface area contributed by atoms with E-state index in [0.29, 0.717) is 18.4 Å². The van der Waals surface area contributed by atoms with E-state index >= 15 is 0 Å². The van der Waals surface area contributed by atoms with Crippen molar-refractivity contribution in [2.45, 2.75) is 32.6 Å². The molecule has 21 heavy (non-hydrogen) atoms. The zero-order valence-corrected chi connectivity index (χ0v) is 13.0. The molecule has 2 rings (SSSR count). The number of aliphatic hydroxyl groups is 1. The zero-order chi connectivity index (χ0) is 15.1. The van der Waals surface area contributed by atoms with Gasteiger partial charge in [-0.3, -0.25) is 0 Å². The number of nitrogens with one attached hydrogen (secondary N) is 1. The summed E-state index contributed by atoms with van der Waals surface area (Å²) in [5.41, 5.74) is 0. The number of aromatic nitrogens is 3. The van der Waals surface area contributed by atoms with Crippen LogP contribution in [0.4, 0.5) is 17.8 Å². The second kappa shape index (κ2) is 7.97. The van der Waals surface area contributed by atoms with E-state index in [4.69, 9.17) is 0 Å². The van der Waals surface area contributed by atoms with Crippen molar-refractivity contribution in [2.75, 3.05) is 55.0 Å². The van der Waals surface area contributed by atoms with Gasteiger partial charge in [-0.2, -0.15) is 15.0 Å². The van der Waals surface area contributed by atoms with Crippen molar-refractivity contribution >= 4 is 17.8 Å². The van der Waals surface area contributed by atoms with Gasteiger partial charge < -0.3 is 20.2 Å². The Balaban J connectivity index is 2.26. The summed E-state index contributed by atoms with van der Waals surface area (Å²) < 4.78 is 0. The Labute approximate surface area is 126 Å².